The first kappa shape index (κ1) is 16.6. The van der Waals surface area contributed by atoms with Crippen LogP contribution >= 0.6 is 0 Å². The van der Waals surface area contributed by atoms with Crippen molar-refractivity contribution in [2.75, 3.05) is 39.9 Å². The lowest BCUT2D eigenvalue weighted by Crippen LogP contribution is -2.40. The molecule has 1 saturated carbocycles. The number of hydrogen-bond donors (Lipinski definition) is 1. The lowest BCUT2D eigenvalue weighted by molar-refractivity contribution is 0.0625. The zero-order valence-corrected chi connectivity index (χ0v) is 13.9. The fraction of sp³-hybridized carbons (Fsp3) is 0.941. The van der Waals surface area contributed by atoms with E-state index < -0.39 is 0 Å². The SMILES string of the molecule is CCNC(=NCCCC1CC1)N(C)CCC1CCOCC1. The van der Waals surface area contributed by atoms with Crippen LogP contribution in [0.5, 0.6) is 0 Å². The van der Waals surface area contributed by atoms with Crippen molar-refractivity contribution in [2.24, 2.45) is 16.8 Å². The molecule has 2 rings (SSSR count). The third-order valence-electron chi connectivity index (χ3n) is 4.64. The van der Waals surface area contributed by atoms with Gasteiger partial charge in [0, 0.05) is 39.9 Å². The normalized spacial score (nSPS) is 20.6. The van der Waals surface area contributed by atoms with E-state index in [9.17, 15) is 0 Å². The molecule has 0 spiro atoms. The van der Waals surface area contributed by atoms with E-state index in [0.717, 1.165) is 50.6 Å². The number of rotatable bonds is 8. The van der Waals surface area contributed by atoms with Gasteiger partial charge in [-0.15, -0.1) is 0 Å². The molecule has 4 nitrogen and oxygen atoms in total. The molecule has 2 fully saturated rings. The van der Waals surface area contributed by atoms with Gasteiger partial charge in [-0.1, -0.05) is 12.8 Å². The molecule has 2 aliphatic rings. The zero-order valence-electron chi connectivity index (χ0n) is 13.9. The van der Waals surface area contributed by atoms with Crippen LogP contribution in [0.3, 0.4) is 0 Å². The molecule has 1 aliphatic carbocycles. The molecule has 0 aromatic heterocycles. The third kappa shape index (κ3) is 6.68. The fourth-order valence-electron chi connectivity index (χ4n) is 2.96. The van der Waals surface area contributed by atoms with Crippen LogP contribution in [0.2, 0.25) is 0 Å². The van der Waals surface area contributed by atoms with E-state index in [2.05, 4.69) is 24.2 Å². The molecule has 0 atom stereocenters. The number of aliphatic imine (C=N–C) groups is 1. The first-order chi connectivity index (χ1) is 10.3. The Kier molecular flexibility index (Phi) is 7.34. The quantitative estimate of drug-likeness (QED) is 0.425. The van der Waals surface area contributed by atoms with Crippen molar-refractivity contribution in [3.8, 4) is 0 Å². The second-order valence-corrected chi connectivity index (χ2v) is 6.59. The maximum absolute atomic E-state index is 5.43. The maximum atomic E-state index is 5.43. The van der Waals surface area contributed by atoms with Gasteiger partial charge < -0.3 is 15.0 Å². The number of nitrogens with zero attached hydrogens (tertiary/aromatic N) is 2. The van der Waals surface area contributed by atoms with Crippen molar-refractivity contribution in [1.29, 1.82) is 0 Å². The van der Waals surface area contributed by atoms with Gasteiger partial charge in [0.2, 0.25) is 0 Å². The molecule has 4 heteroatoms. The van der Waals surface area contributed by atoms with Crippen molar-refractivity contribution >= 4 is 5.96 Å². The van der Waals surface area contributed by atoms with Gasteiger partial charge in [-0.2, -0.15) is 0 Å². The predicted octanol–water partition coefficient (Wildman–Crippen LogP) is 2.89. The standard InChI is InChI=1S/C17H33N3O/c1-3-18-17(19-11-4-5-15-6-7-15)20(2)12-8-16-9-13-21-14-10-16/h15-16H,3-14H2,1-2H3,(H,18,19). The average Bonchev–Trinajstić information content (AvgIpc) is 3.33. The molecule has 0 radical (unpaired) electrons. The summed E-state index contributed by atoms with van der Waals surface area (Å²) in [6.07, 6.45) is 9.23. The Balaban J connectivity index is 1.68. The first-order valence-electron chi connectivity index (χ1n) is 8.86. The Morgan fingerprint density at radius 1 is 1.14 bits per heavy atom. The Morgan fingerprint density at radius 3 is 2.52 bits per heavy atom. The van der Waals surface area contributed by atoms with Gasteiger partial charge >= 0.3 is 0 Å². The molecular formula is C17H33N3O. The third-order valence-corrected chi connectivity index (χ3v) is 4.64. The van der Waals surface area contributed by atoms with Crippen LogP contribution in [0, 0.1) is 11.8 Å². The largest absolute Gasteiger partial charge is 0.381 e. The van der Waals surface area contributed by atoms with Crippen molar-refractivity contribution in [2.45, 2.75) is 51.9 Å². The van der Waals surface area contributed by atoms with Gasteiger partial charge in [-0.05, 0) is 50.9 Å². The topological polar surface area (TPSA) is 36.9 Å². The van der Waals surface area contributed by atoms with Crippen LogP contribution < -0.4 is 5.32 Å². The summed E-state index contributed by atoms with van der Waals surface area (Å²) in [6.45, 7) is 7.06. The highest BCUT2D eigenvalue weighted by Crippen LogP contribution is 2.33. The summed E-state index contributed by atoms with van der Waals surface area (Å²) in [5, 5.41) is 3.43. The van der Waals surface area contributed by atoms with Gasteiger partial charge in [0.05, 0.1) is 0 Å². The molecule has 0 unspecified atom stereocenters. The Morgan fingerprint density at radius 2 is 1.86 bits per heavy atom. The second kappa shape index (κ2) is 9.29. The van der Waals surface area contributed by atoms with Gasteiger partial charge in [0.15, 0.2) is 5.96 Å². The molecule has 122 valence electrons. The summed E-state index contributed by atoms with van der Waals surface area (Å²) in [5.41, 5.74) is 0. The summed E-state index contributed by atoms with van der Waals surface area (Å²) in [7, 11) is 2.17. The van der Waals surface area contributed by atoms with E-state index in [1.54, 1.807) is 0 Å². The van der Waals surface area contributed by atoms with Crippen molar-refractivity contribution in [1.82, 2.24) is 10.2 Å². The number of ether oxygens (including phenoxy) is 1. The summed E-state index contributed by atoms with van der Waals surface area (Å²) < 4.78 is 5.43. The molecular weight excluding hydrogens is 262 g/mol. The van der Waals surface area contributed by atoms with Crippen molar-refractivity contribution < 1.29 is 4.74 Å². The highest BCUT2D eigenvalue weighted by Gasteiger charge is 2.20. The summed E-state index contributed by atoms with van der Waals surface area (Å²) in [4.78, 5) is 7.09. The molecule has 0 aromatic rings. The molecule has 0 amide bonds. The van der Waals surface area contributed by atoms with Crippen LogP contribution in [-0.4, -0.2) is 50.8 Å². The molecule has 1 heterocycles. The van der Waals surface area contributed by atoms with Crippen LogP contribution in [0.15, 0.2) is 4.99 Å². The van der Waals surface area contributed by atoms with E-state index in [4.69, 9.17) is 9.73 Å². The minimum atomic E-state index is 0.832. The molecule has 1 saturated heterocycles. The minimum Gasteiger partial charge on any atom is -0.381 e. The molecule has 0 bridgehead atoms. The summed E-state index contributed by atoms with van der Waals surface area (Å²) in [6, 6.07) is 0. The first-order valence-corrected chi connectivity index (χ1v) is 8.86. The predicted molar refractivity (Wildman–Crippen MR) is 88.7 cm³/mol. The molecule has 21 heavy (non-hydrogen) atoms. The number of guanidine groups is 1. The van der Waals surface area contributed by atoms with Gasteiger partial charge in [-0.25, -0.2) is 0 Å². The Labute approximate surface area is 130 Å². The molecule has 1 aliphatic heterocycles. The summed E-state index contributed by atoms with van der Waals surface area (Å²) >= 11 is 0. The van der Waals surface area contributed by atoms with Crippen LogP contribution in [0.1, 0.15) is 51.9 Å². The van der Waals surface area contributed by atoms with E-state index in [-0.39, 0.29) is 0 Å². The van der Waals surface area contributed by atoms with Crippen molar-refractivity contribution in [3.63, 3.8) is 0 Å². The highest BCUT2D eigenvalue weighted by atomic mass is 16.5. The fourth-order valence-corrected chi connectivity index (χ4v) is 2.96. The monoisotopic (exact) mass is 295 g/mol. The smallest absolute Gasteiger partial charge is 0.193 e. The van der Waals surface area contributed by atoms with E-state index in [1.807, 2.05) is 0 Å². The number of nitrogens with one attached hydrogen (secondary N) is 1. The van der Waals surface area contributed by atoms with Gasteiger partial charge in [0.25, 0.3) is 0 Å². The average molecular weight is 295 g/mol. The molecule has 0 aromatic carbocycles. The van der Waals surface area contributed by atoms with Crippen LogP contribution in [0.4, 0.5) is 0 Å². The highest BCUT2D eigenvalue weighted by molar-refractivity contribution is 5.79. The van der Waals surface area contributed by atoms with Crippen molar-refractivity contribution in [3.05, 3.63) is 0 Å². The Hall–Kier alpha value is -0.770. The van der Waals surface area contributed by atoms with E-state index >= 15 is 0 Å². The van der Waals surface area contributed by atoms with Gasteiger partial charge in [0.1, 0.15) is 0 Å². The lowest BCUT2D eigenvalue weighted by atomic mass is 9.96. The van der Waals surface area contributed by atoms with Crippen LogP contribution in [0.25, 0.3) is 0 Å². The molecule has 1 N–H and O–H groups in total. The maximum Gasteiger partial charge on any atom is 0.193 e. The van der Waals surface area contributed by atoms with E-state index in [1.165, 1.54) is 44.9 Å². The lowest BCUT2D eigenvalue weighted by Gasteiger charge is -2.26. The zero-order chi connectivity index (χ0) is 14.9. The minimum absolute atomic E-state index is 0.832. The number of hydrogen-bond acceptors (Lipinski definition) is 2. The Bertz CT molecular complexity index is 309. The summed E-state index contributed by atoms with van der Waals surface area (Å²) in [5.74, 6) is 2.94. The second-order valence-electron chi connectivity index (χ2n) is 6.59. The van der Waals surface area contributed by atoms with E-state index in [0.29, 0.717) is 0 Å². The van der Waals surface area contributed by atoms with Gasteiger partial charge in [-0.3, -0.25) is 4.99 Å². The van der Waals surface area contributed by atoms with Crippen LogP contribution in [-0.2, 0) is 4.74 Å².